The SMILES string of the molecule is N#Cc1ccc(N)cc1Cc1ccccc1N. The molecule has 0 unspecified atom stereocenters. The van der Waals surface area contributed by atoms with E-state index < -0.39 is 0 Å². The van der Waals surface area contributed by atoms with Crippen molar-refractivity contribution in [2.24, 2.45) is 0 Å². The highest BCUT2D eigenvalue weighted by molar-refractivity contribution is 5.54. The normalized spacial score (nSPS) is 9.82. The molecule has 4 N–H and O–H groups in total. The zero-order valence-electron chi connectivity index (χ0n) is 9.35. The molecule has 0 amide bonds. The molecule has 0 aliphatic carbocycles. The van der Waals surface area contributed by atoms with Crippen LogP contribution in [-0.4, -0.2) is 0 Å². The average molecular weight is 223 g/mol. The number of para-hydroxylation sites is 1. The number of nitrogens with two attached hydrogens (primary N) is 2. The first-order chi connectivity index (χ1) is 8.20. The van der Waals surface area contributed by atoms with Crippen LogP contribution in [0.25, 0.3) is 0 Å². The maximum absolute atomic E-state index is 9.03. The van der Waals surface area contributed by atoms with Crippen LogP contribution >= 0.6 is 0 Å². The molecule has 0 spiro atoms. The van der Waals surface area contributed by atoms with Gasteiger partial charge in [0.1, 0.15) is 0 Å². The van der Waals surface area contributed by atoms with Gasteiger partial charge in [0, 0.05) is 17.8 Å². The van der Waals surface area contributed by atoms with Crippen molar-refractivity contribution in [3.05, 3.63) is 59.2 Å². The molecule has 3 heteroatoms. The van der Waals surface area contributed by atoms with Gasteiger partial charge in [-0.2, -0.15) is 5.26 Å². The lowest BCUT2D eigenvalue weighted by molar-refractivity contribution is 1.18. The molecule has 2 aromatic carbocycles. The van der Waals surface area contributed by atoms with E-state index in [1.807, 2.05) is 30.3 Å². The lowest BCUT2D eigenvalue weighted by atomic mass is 9.99. The molecule has 2 aromatic rings. The van der Waals surface area contributed by atoms with Gasteiger partial charge >= 0.3 is 0 Å². The lowest BCUT2D eigenvalue weighted by Gasteiger charge is -2.07. The van der Waals surface area contributed by atoms with Crippen molar-refractivity contribution in [2.75, 3.05) is 11.5 Å². The van der Waals surface area contributed by atoms with Crippen LogP contribution in [-0.2, 0) is 6.42 Å². The van der Waals surface area contributed by atoms with Gasteiger partial charge in [-0.15, -0.1) is 0 Å². The summed E-state index contributed by atoms with van der Waals surface area (Å²) in [4.78, 5) is 0. The number of nitrogens with zero attached hydrogens (tertiary/aromatic N) is 1. The third kappa shape index (κ3) is 2.37. The minimum atomic E-state index is 0.626. The fourth-order valence-corrected chi connectivity index (χ4v) is 1.77. The van der Waals surface area contributed by atoms with Gasteiger partial charge in [0.2, 0.25) is 0 Å². The molecular formula is C14H13N3. The molecule has 0 aromatic heterocycles. The summed E-state index contributed by atoms with van der Waals surface area (Å²) in [5.74, 6) is 0. The molecule has 0 saturated heterocycles. The Morgan fingerprint density at radius 1 is 1.00 bits per heavy atom. The van der Waals surface area contributed by atoms with Crippen LogP contribution in [0, 0.1) is 11.3 Å². The molecule has 0 bridgehead atoms. The number of hydrogen-bond acceptors (Lipinski definition) is 3. The lowest BCUT2D eigenvalue weighted by Crippen LogP contribution is -1.98. The number of rotatable bonds is 2. The molecule has 17 heavy (non-hydrogen) atoms. The largest absolute Gasteiger partial charge is 0.399 e. The molecule has 2 rings (SSSR count). The average Bonchev–Trinajstić information content (AvgIpc) is 2.32. The van der Waals surface area contributed by atoms with Crippen LogP contribution in [0.2, 0.25) is 0 Å². The highest BCUT2D eigenvalue weighted by Gasteiger charge is 2.05. The fraction of sp³-hybridized carbons (Fsp3) is 0.0714. The van der Waals surface area contributed by atoms with Crippen LogP contribution in [0.15, 0.2) is 42.5 Å². The minimum Gasteiger partial charge on any atom is -0.399 e. The van der Waals surface area contributed by atoms with Crippen LogP contribution in [0.5, 0.6) is 0 Å². The first-order valence-corrected chi connectivity index (χ1v) is 5.32. The van der Waals surface area contributed by atoms with Crippen molar-refractivity contribution in [3.63, 3.8) is 0 Å². The van der Waals surface area contributed by atoms with E-state index in [0.717, 1.165) is 16.8 Å². The first kappa shape index (κ1) is 11.0. The van der Waals surface area contributed by atoms with Gasteiger partial charge in [-0.3, -0.25) is 0 Å². The number of nitrogen functional groups attached to an aromatic ring is 2. The summed E-state index contributed by atoms with van der Waals surface area (Å²) < 4.78 is 0. The Hall–Kier alpha value is -2.47. The van der Waals surface area contributed by atoms with E-state index >= 15 is 0 Å². The molecule has 0 aliphatic rings. The Bertz CT molecular complexity index is 582. The molecular weight excluding hydrogens is 210 g/mol. The second-order valence-electron chi connectivity index (χ2n) is 3.90. The van der Waals surface area contributed by atoms with Gasteiger partial charge in [0.25, 0.3) is 0 Å². The van der Waals surface area contributed by atoms with Crippen molar-refractivity contribution in [1.29, 1.82) is 5.26 Å². The van der Waals surface area contributed by atoms with Gasteiger partial charge in [0.15, 0.2) is 0 Å². The maximum atomic E-state index is 9.03. The van der Waals surface area contributed by atoms with Crippen molar-refractivity contribution >= 4 is 11.4 Å². The molecule has 0 radical (unpaired) electrons. The third-order valence-electron chi connectivity index (χ3n) is 2.69. The van der Waals surface area contributed by atoms with Gasteiger partial charge in [0.05, 0.1) is 11.6 Å². The second-order valence-corrected chi connectivity index (χ2v) is 3.90. The van der Waals surface area contributed by atoms with E-state index in [1.54, 1.807) is 12.1 Å². The van der Waals surface area contributed by atoms with E-state index in [0.29, 0.717) is 17.7 Å². The van der Waals surface area contributed by atoms with Crippen LogP contribution in [0.3, 0.4) is 0 Å². The molecule has 0 atom stereocenters. The first-order valence-electron chi connectivity index (χ1n) is 5.32. The number of nitriles is 1. The van der Waals surface area contributed by atoms with Gasteiger partial charge in [-0.25, -0.2) is 0 Å². The van der Waals surface area contributed by atoms with Crippen molar-refractivity contribution in [2.45, 2.75) is 6.42 Å². The number of benzene rings is 2. The molecule has 84 valence electrons. The monoisotopic (exact) mass is 223 g/mol. The molecule has 3 nitrogen and oxygen atoms in total. The Kier molecular flexibility index (Phi) is 2.97. The minimum absolute atomic E-state index is 0.626. The zero-order valence-corrected chi connectivity index (χ0v) is 9.35. The molecule has 0 aliphatic heterocycles. The predicted octanol–water partition coefficient (Wildman–Crippen LogP) is 2.31. The van der Waals surface area contributed by atoms with Crippen molar-refractivity contribution in [1.82, 2.24) is 0 Å². The Labute approximate surface area is 100 Å². The third-order valence-corrected chi connectivity index (χ3v) is 2.69. The van der Waals surface area contributed by atoms with Crippen molar-refractivity contribution < 1.29 is 0 Å². The van der Waals surface area contributed by atoms with Gasteiger partial charge < -0.3 is 11.5 Å². The zero-order chi connectivity index (χ0) is 12.3. The highest BCUT2D eigenvalue weighted by Crippen LogP contribution is 2.20. The summed E-state index contributed by atoms with van der Waals surface area (Å²) in [5, 5.41) is 9.03. The second kappa shape index (κ2) is 4.58. The Morgan fingerprint density at radius 3 is 2.47 bits per heavy atom. The fourth-order valence-electron chi connectivity index (χ4n) is 1.77. The summed E-state index contributed by atoms with van der Waals surface area (Å²) in [7, 11) is 0. The predicted molar refractivity (Wildman–Crippen MR) is 69.2 cm³/mol. The Morgan fingerprint density at radius 2 is 1.76 bits per heavy atom. The molecule has 0 fully saturated rings. The smallest absolute Gasteiger partial charge is 0.0994 e. The number of anilines is 2. The van der Waals surface area contributed by atoms with E-state index in [1.165, 1.54) is 0 Å². The van der Waals surface area contributed by atoms with Crippen molar-refractivity contribution in [3.8, 4) is 6.07 Å². The quantitative estimate of drug-likeness (QED) is 0.767. The standard InChI is InChI=1S/C14H13N3/c15-9-11-5-6-13(16)8-12(11)7-10-3-1-2-4-14(10)17/h1-6,8H,7,16-17H2. The number of hydrogen-bond donors (Lipinski definition) is 2. The van der Waals surface area contributed by atoms with Crippen LogP contribution in [0.4, 0.5) is 11.4 Å². The highest BCUT2D eigenvalue weighted by atomic mass is 14.6. The van der Waals surface area contributed by atoms with Gasteiger partial charge in [-0.05, 0) is 35.4 Å². The van der Waals surface area contributed by atoms with Crippen LogP contribution < -0.4 is 11.5 Å². The summed E-state index contributed by atoms with van der Waals surface area (Å²) in [6.07, 6.45) is 0.626. The van der Waals surface area contributed by atoms with E-state index in [9.17, 15) is 0 Å². The summed E-state index contributed by atoms with van der Waals surface area (Å²) in [6.45, 7) is 0. The molecule has 0 saturated carbocycles. The topological polar surface area (TPSA) is 75.8 Å². The van der Waals surface area contributed by atoms with E-state index in [4.69, 9.17) is 16.7 Å². The van der Waals surface area contributed by atoms with Gasteiger partial charge in [-0.1, -0.05) is 18.2 Å². The summed E-state index contributed by atoms with van der Waals surface area (Å²) in [5.41, 5.74) is 15.6. The summed E-state index contributed by atoms with van der Waals surface area (Å²) >= 11 is 0. The summed E-state index contributed by atoms with van der Waals surface area (Å²) in [6, 6.07) is 15.1. The van der Waals surface area contributed by atoms with E-state index in [-0.39, 0.29) is 0 Å². The Balaban J connectivity index is 2.40. The maximum Gasteiger partial charge on any atom is 0.0994 e. The molecule has 0 heterocycles. The van der Waals surface area contributed by atoms with E-state index in [2.05, 4.69) is 6.07 Å². The van der Waals surface area contributed by atoms with Crippen LogP contribution in [0.1, 0.15) is 16.7 Å².